The van der Waals surface area contributed by atoms with E-state index in [1.54, 1.807) is 0 Å². The van der Waals surface area contributed by atoms with E-state index in [1.165, 1.54) is 0 Å². The van der Waals surface area contributed by atoms with Crippen LogP contribution in [0.4, 0.5) is 10.5 Å². The number of carbonyl (C=O) groups is 1. The molecule has 0 spiro atoms. The Morgan fingerprint density at radius 2 is 2.16 bits per heavy atom. The lowest BCUT2D eigenvalue weighted by atomic mass is 10.2. The van der Waals surface area contributed by atoms with E-state index in [4.69, 9.17) is 4.74 Å². The van der Waals surface area contributed by atoms with Crippen LogP contribution in [0.1, 0.15) is 25.8 Å². The Hall–Kier alpha value is -1.07. The highest BCUT2D eigenvalue weighted by Gasteiger charge is 2.04. The topological polar surface area (TPSA) is 50.4 Å². The van der Waals surface area contributed by atoms with Crippen molar-refractivity contribution in [3.63, 3.8) is 0 Å². The molecule has 0 aliphatic carbocycles. The fraction of sp³-hybridized carbons (Fsp3) is 0.500. The Kier molecular flexibility index (Phi) is 6.87. The molecule has 1 aromatic rings. The second kappa shape index (κ2) is 8.17. The molecule has 0 unspecified atom stereocenters. The molecule has 2 amide bonds. The minimum atomic E-state index is -0.200. The van der Waals surface area contributed by atoms with Crippen LogP contribution in [0.25, 0.3) is 0 Å². The molecule has 0 radical (unpaired) electrons. The van der Waals surface area contributed by atoms with E-state index < -0.39 is 0 Å². The first kappa shape index (κ1) is 16.0. The summed E-state index contributed by atoms with van der Waals surface area (Å²) in [6.45, 7) is 7.25. The van der Waals surface area contributed by atoms with Crippen molar-refractivity contribution in [3.05, 3.63) is 28.2 Å². The number of halogens is 1. The number of amides is 2. The van der Waals surface area contributed by atoms with E-state index in [2.05, 4.69) is 26.6 Å². The van der Waals surface area contributed by atoms with Crippen molar-refractivity contribution in [2.24, 2.45) is 0 Å². The SMILES string of the molecule is Cc1ccc(NC(=O)NCCCOC(C)C)c(Br)c1. The minimum absolute atomic E-state index is 0.200. The molecule has 0 bridgehead atoms. The van der Waals surface area contributed by atoms with Gasteiger partial charge in [-0.2, -0.15) is 0 Å². The predicted octanol–water partition coefficient (Wildman–Crippen LogP) is 3.69. The number of hydrogen-bond donors (Lipinski definition) is 2. The van der Waals surface area contributed by atoms with Gasteiger partial charge in [0.2, 0.25) is 0 Å². The largest absolute Gasteiger partial charge is 0.379 e. The van der Waals surface area contributed by atoms with Crippen LogP contribution in [0.3, 0.4) is 0 Å². The molecule has 2 N–H and O–H groups in total. The van der Waals surface area contributed by atoms with Crippen molar-refractivity contribution in [1.82, 2.24) is 5.32 Å². The van der Waals surface area contributed by atoms with E-state index in [0.29, 0.717) is 13.2 Å². The van der Waals surface area contributed by atoms with Gasteiger partial charge in [0, 0.05) is 17.6 Å². The lowest BCUT2D eigenvalue weighted by molar-refractivity contribution is 0.0775. The van der Waals surface area contributed by atoms with Gasteiger partial charge in [-0.05, 0) is 60.8 Å². The lowest BCUT2D eigenvalue weighted by Crippen LogP contribution is -2.30. The van der Waals surface area contributed by atoms with E-state index >= 15 is 0 Å². The molecule has 0 atom stereocenters. The van der Waals surface area contributed by atoms with Gasteiger partial charge >= 0.3 is 6.03 Å². The van der Waals surface area contributed by atoms with Gasteiger partial charge in [0.05, 0.1) is 11.8 Å². The van der Waals surface area contributed by atoms with Gasteiger partial charge in [-0.25, -0.2) is 4.79 Å². The van der Waals surface area contributed by atoms with Gasteiger partial charge in [-0.1, -0.05) is 6.07 Å². The molecule has 0 saturated heterocycles. The van der Waals surface area contributed by atoms with Gasteiger partial charge in [0.25, 0.3) is 0 Å². The standard InChI is InChI=1S/C14H21BrN2O2/c1-10(2)19-8-4-7-16-14(18)17-13-6-5-11(3)9-12(13)15/h5-6,9-10H,4,7-8H2,1-3H3,(H2,16,17,18). The molecule has 0 heterocycles. The van der Waals surface area contributed by atoms with Gasteiger partial charge < -0.3 is 15.4 Å². The van der Waals surface area contributed by atoms with Crippen LogP contribution in [0, 0.1) is 6.92 Å². The normalized spacial score (nSPS) is 10.6. The molecule has 1 rings (SSSR count). The van der Waals surface area contributed by atoms with E-state index in [9.17, 15) is 4.79 Å². The fourth-order valence-electron chi connectivity index (χ4n) is 1.48. The molecule has 0 saturated carbocycles. The Morgan fingerprint density at radius 3 is 2.79 bits per heavy atom. The molecular formula is C14H21BrN2O2. The summed E-state index contributed by atoms with van der Waals surface area (Å²) in [4.78, 5) is 11.7. The number of urea groups is 1. The van der Waals surface area contributed by atoms with E-state index in [0.717, 1.165) is 22.1 Å². The number of nitrogens with one attached hydrogen (secondary N) is 2. The van der Waals surface area contributed by atoms with Crippen LogP contribution in [0.2, 0.25) is 0 Å². The van der Waals surface area contributed by atoms with Crippen LogP contribution in [-0.4, -0.2) is 25.3 Å². The summed E-state index contributed by atoms with van der Waals surface area (Å²) < 4.78 is 6.28. The summed E-state index contributed by atoms with van der Waals surface area (Å²) in [5.41, 5.74) is 1.91. The first-order valence-corrected chi connectivity index (χ1v) is 7.21. The number of aryl methyl sites for hydroxylation is 1. The molecule has 1 aromatic carbocycles. The lowest BCUT2D eigenvalue weighted by Gasteiger charge is -2.10. The third-order valence-electron chi connectivity index (χ3n) is 2.43. The van der Waals surface area contributed by atoms with Gasteiger partial charge in [-0.15, -0.1) is 0 Å². The average molecular weight is 329 g/mol. The van der Waals surface area contributed by atoms with Crippen LogP contribution in [0.15, 0.2) is 22.7 Å². The van der Waals surface area contributed by atoms with Crippen LogP contribution in [-0.2, 0) is 4.74 Å². The molecule has 0 aliphatic heterocycles. The summed E-state index contributed by atoms with van der Waals surface area (Å²) in [6.07, 6.45) is 1.04. The van der Waals surface area contributed by atoms with Crippen LogP contribution >= 0.6 is 15.9 Å². The summed E-state index contributed by atoms with van der Waals surface area (Å²) in [6, 6.07) is 5.60. The quantitative estimate of drug-likeness (QED) is 0.782. The number of ether oxygens (including phenoxy) is 1. The number of rotatable bonds is 6. The van der Waals surface area contributed by atoms with Crippen molar-refractivity contribution in [2.75, 3.05) is 18.5 Å². The molecule has 0 aliphatic rings. The van der Waals surface area contributed by atoms with Crippen LogP contribution in [0.5, 0.6) is 0 Å². The third-order valence-corrected chi connectivity index (χ3v) is 3.09. The molecule has 0 aromatic heterocycles. The van der Waals surface area contributed by atoms with Crippen molar-refractivity contribution in [3.8, 4) is 0 Å². The Balaban J connectivity index is 2.27. The zero-order chi connectivity index (χ0) is 14.3. The Bertz CT molecular complexity index is 422. The summed E-state index contributed by atoms with van der Waals surface area (Å²) in [5.74, 6) is 0. The summed E-state index contributed by atoms with van der Waals surface area (Å²) in [5, 5.41) is 5.60. The highest BCUT2D eigenvalue weighted by atomic mass is 79.9. The molecule has 106 valence electrons. The second-order valence-electron chi connectivity index (χ2n) is 4.64. The summed E-state index contributed by atoms with van der Waals surface area (Å²) in [7, 11) is 0. The van der Waals surface area contributed by atoms with Crippen molar-refractivity contribution in [1.29, 1.82) is 0 Å². The van der Waals surface area contributed by atoms with Crippen molar-refractivity contribution in [2.45, 2.75) is 33.3 Å². The average Bonchev–Trinajstić information content (AvgIpc) is 2.32. The number of hydrogen-bond acceptors (Lipinski definition) is 2. The van der Waals surface area contributed by atoms with Gasteiger partial charge in [-0.3, -0.25) is 0 Å². The van der Waals surface area contributed by atoms with E-state index in [1.807, 2.05) is 39.0 Å². The van der Waals surface area contributed by atoms with E-state index in [-0.39, 0.29) is 12.1 Å². The zero-order valence-electron chi connectivity index (χ0n) is 11.6. The molecule has 5 heteroatoms. The second-order valence-corrected chi connectivity index (χ2v) is 5.49. The molecule has 0 fully saturated rings. The maximum atomic E-state index is 11.7. The maximum absolute atomic E-state index is 11.7. The monoisotopic (exact) mass is 328 g/mol. The molecule has 19 heavy (non-hydrogen) atoms. The Labute approximate surface area is 123 Å². The highest BCUT2D eigenvalue weighted by molar-refractivity contribution is 9.10. The number of carbonyl (C=O) groups excluding carboxylic acids is 1. The van der Waals surface area contributed by atoms with Crippen LogP contribution < -0.4 is 10.6 Å². The fourth-order valence-corrected chi connectivity index (χ4v) is 2.07. The summed E-state index contributed by atoms with van der Waals surface area (Å²) >= 11 is 3.42. The molecular weight excluding hydrogens is 308 g/mol. The highest BCUT2D eigenvalue weighted by Crippen LogP contribution is 2.23. The number of benzene rings is 1. The smallest absolute Gasteiger partial charge is 0.319 e. The van der Waals surface area contributed by atoms with Gasteiger partial charge in [0.15, 0.2) is 0 Å². The Morgan fingerprint density at radius 1 is 1.42 bits per heavy atom. The third kappa shape index (κ3) is 6.59. The van der Waals surface area contributed by atoms with Crippen molar-refractivity contribution < 1.29 is 9.53 Å². The minimum Gasteiger partial charge on any atom is -0.379 e. The predicted molar refractivity (Wildman–Crippen MR) is 81.6 cm³/mol. The first-order valence-electron chi connectivity index (χ1n) is 6.41. The zero-order valence-corrected chi connectivity index (χ0v) is 13.2. The maximum Gasteiger partial charge on any atom is 0.319 e. The molecule has 4 nitrogen and oxygen atoms in total. The van der Waals surface area contributed by atoms with Crippen molar-refractivity contribution >= 4 is 27.6 Å². The first-order chi connectivity index (χ1) is 8.99. The number of anilines is 1. The van der Waals surface area contributed by atoms with Gasteiger partial charge in [0.1, 0.15) is 0 Å².